The number of hydrogen-bond acceptors (Lipinski definition) is 4. The largest absolute Gasteiger partial charge is 0.391 e. The normalized spacial score (nSPS) is 27.8. The quantitative estimate of drug-likeness (QED) is 0.785. The average Bonchev–Trinajstić information content (AvgIpc) is 2.67. The lowest BCUT2D eigenvalue weighted by molar-refractivity contribution is 0.102. The van der Waals surface area contributed by atoms with Gasteiger partial charge in [-0.1, -0.05) is 13.3 Å². The number of piperidine rings is 1. The van der Waals surface area contributed by atoms with Crippen LogP contribution >= 0.6 is 0 Å². The number of anilines is 1. The summed E-state index contributed by atoms with van der Waals surface area (Å²) in [4.78, 5) is 11.2. The van der Waals surface area contributed by atoms with Gasteiger partial charge in [-0.05, 0) is 38.0 Å². The second kappa shape index (κ2) is 5.45. The second-order valence-corrected chi connectivity index (χ2v) is 5.96. The molecule has 1 aliphatic heterocycles. The number of aromatic nitrogens is 2. The average molecular weight is 261 g/mol. The zero-order chi connectivity index (χ0) is 13.2. The summed E-state index contributed by atoms with van der Waals surface area (Å²) in [5.41, 5.74) is 2.57. The van der Waals surface area contributed by atoms with Gasteiger partial charge in [0.15, 0.2) is 0 Å². The van der Waals surface area contributed by atoms with Crippen molar-refractivity contribution in [3.05, 3.63) is 17.6 Å². The zero-order valence-electron chi connectivity index (χ0n) is 11.7. The summed E-state index contributed by atoms with van der Waals surface area (Å²) < 4.78 is 0. The van der Waals surface area contributed by atoms with E-state index in [0.717, 1.165) is 31.6 Å². The Morgan fingerprint density at radius 2 is 2.05 bits per heavy atom. The fourth-order valence-corrected chi connectivity index (χ4v) is 3.19. The monoisotopic (exact) mass is 261 g/mol. The molecular weight excluding hydrogens is 238 g/mol. The SMILES string of the molecule is CC1CCN(c2ncnc3c2CCCCC3)CC1O. The summed E-state index contributed by atoms with van der Waals surface area (Å²) in [6.07, 6.45) is 8.44. The number of aliphatic hydroxyl groups excluding tert-OH is 1. The van der Waals surface area contributed by atoms with Crippen LogP contribution in [-0.4, -0.2) is 34.3 Å². The summed E-state index contributed by atoms with van der Waals surface area (Å²) in [5.74, 6) is 1.48. The second-order valence-electron chi connectivity index (χ2n) is 5.96. The minimum atomic E-state index is -0.231. The van der Waals surface area contributed by atoms with Gasteiger partial charge < -0.3 is 10.0 Å². The van der Waals surface area contributed by atoms with E-state index in [-0.39, 0.29) is 6.10 Å². The molecule has 2 heterocycles. The van der Waals surface area contributed by atoms with Crippen molar-refractivity contribution in [2.75, 3.05) is 18.0 Å². The lowest BCUT2D eigenvalue weighted by Gasteiger charge is -2.36. The molecule has 0 spiro atoms. The zero-order valence-corrected chi connectivity index (χ0v) is 11.7. The van der Waals surface area contributed by atoms with Gasteiger partial charge in [0.1, 0.15) is 12.1 Å². The van der Waals surface area contributed by atoms with Crippen LogP contribution in [0.4, 0.5) is 5.82 Å². The lowest BCUT2D eigenvalue weighted by Crippen LogP contribution is -2.43. The molecule has 0 aromatic carbocycles. The molecule has 2 unspecified atom stereocenters. The maximum absolute atomic E-state index is 10.1. The Morgan fingerprint density at radius 3 is 2.89 bits per heavy atom. The number of β-amino-alcohol motifs (C(OH)–C–C–N with tert-alkyl or cyclic N) is 1. The molecule has 0 bridgehead atoms. The predicted octanol–water partition coefficient (Wildman–Crippen LogP) is 1.95. The maximum Gasteiger partial charge on any atom is 0.135 e. The Balaban J connectivity index is 1.88. The molecular formula is C15H23N3O. The molecule has 3 rings (SSSR count). The van der Waals surface area contributed by atoms with E-state index in [2.05, 4.69) is 21.8 Å². The molecule has 0 saturated carbocycles. The highest BCUT2D eigenvalue weighted by molar-refractivity contribution is 5.49. The molecule has 1 aliphatic carbocycles. The number of hydrogen-bond donors (Lipinski definition) is 1. The fourth-order valence-electron chi connectivity index (χ4n) is 3.19. The van der Waals surface area contributed by atoms with Gasteiger partial charge in [-0.2, -0.15) is 0 Å². The molecule has 19 heavy (non-hydrogen) atoms. The van der Waals surface area contributed by atoms with Crippen LogP contribution < -0.4 is 4.90 Å². The highest BCUT2D eigenvalue weighted by Crippen LogP contribution is 2.29. The molecule has 1 N–H and O–H groups in total. The van der Waals surface area contributed by atoms with Crippen molar-refractivity contribution in [2.45, 2.75) is 51.6 Å². The maximum atomic E-state index is 10.1. The summed E-state index contributed by atoms with van der Waals surface area (Å²) in [6.45, 7) is 3.84. The topological polar surface area (TPSA) is 49.2 Å². The van der Waals surface area contributed by atoms with Crippen LogP contribution in [0.5, 0.6) is 0 Å². The van der Waals surface area contributed by atoms with E-state index in [4.69, 9.17) is 0 Å². The van der Waals surface area contributed by atoms with Gasteiger partial charge in [0.2, 0.25) is 0 Å². The third-order valence-electron chi connectivity index (χ3n) is 4.57. The Morgan fingerprint density at radius 1 is 1.21 bits per heavy atom. The van der Waals surface area contributed by atoms with Gasteiger partial charge in [0.05, 0.1) is 6.10 Å². The third-order valence-corrected chi connectivity index (χ3v) is 4.57. The highest BCUT2D eigenvalue weighted by Gasteiger charge is 2.27. The Bertz CT molecular complexity index is 449. The molecule has 1 saturated heterocycles. The molecule has 1 fully saturated rings. The number of aliphatic hydroxyl groups is 1. The predicted molar refractivity (Wildman–Crippen MR) is 75.3 cm³/mol. The standard InChI is InChI=1S/C15H23N3O/c1-11-7-8-18(9-14(11)19)15-12-5-3-2-4-6-13(12)16-10-17-15/h10-11,14,19H,2-9H2,1H3. The van der Waals surface area contributed by atoms with E-state index < -0.39 is 0 Å². The van der Waals surface area contributed by atoms with Crippen LogP contribution in [-0.2, 0) is 12.8 Å². The van der Waals surface area contributed by atoms with Crippen molar-refractivity contribution in [3.8, 4) is 0 Å². The van der Waals surface area contributed by atoms with Gasteiger partial charge in [-0.25, -0.2) is 9.97 Å². The molecule has 2 aliphatic rings. The Kier molecular flexibility index (Phi) is 3.69. The first-order chi connectivity index (χ1) is 9.25. The minimum Gasteiger partial charge on any atom is -0.391 e. The number of aryl methyl sites for hydroxylation is 1. The summed E-state index contributed by atoms with van der Waals surface area (Å²) in [6, 6.07) is 0. The van der Waals surface area contributed by atoms with Gasteiger partial charge in [-0.15, -0.1) is 0 Å². The first kappa shape index (κ1) is 12.9. The van der Waals surface area contributed by atoms with E-state index in [1.54, 1.807) is 6.33 Å². The van der Waals surface area contributed by atoms with Crippen molar-refractivity contribution >= 4 is 5.82 Å². The summed E-state index contributed by atoms with van der Waals surface area (Å²) >= 11 is 0. The number of fused-ring (bicyclic) bond motifs is 1. The van der Waals surface area contributed by atoms with Crippen LogP contribution in [0.3, 0.4) is 0 Å². The third kappa shape index (κ3) is 2.59. The van der Waals surface area contributed by atoms with Gasteiger partial charge in [0, 0.05) is 24.3 Å². The highest BCUT2D eigenvalue weighted by atomic mass is 16.3. The molecule has 4 heteroatoms. The Labute approximate surface area is 114 Å². The van der Waals surface area contributed by atoms with Crippen LogP contribution in [0.25, 0.3) is 0 Å². The van der Waals surface area contributed by atoms with Crippen molar-refractivity contribution < 1.29 is 5.11 Å². The van der Waals surface area contributed by atoms with Gasteiger partial charge in [0.25, 0.3) is 0 Å². The number of nitrogens with zero attached hydrogens (tertiary/aromatic N) is 3. The van der Waals surface area contributed by atoms with Crippen molar-refractivity contribution in [1.29, 1.82) is 0 Å². The van der Waals surface area contributed by atoms with Crippen LogP contribution in [0, 0.1) is 5.92 Å². The fraction of sp³-hybridized carbons (Fsp3) is 0.733. The van der Waals surface area contributed by atoms with E-state index >= 15 is 0 Å². The van der Waals surface area contributed by atoms with Crippen molar-refractivity contribution in [3.63, 3.8) is 0 Å². The van der Waals surface area contributed by atoms with E-state index in [0.29, 0.717) is 12.5 Å². The molecule has 2 atom stereocenters. The molecule has 104 valence electrons. The summed E-state index contributed by atoms with van der Waals surface area (Å²) in [5, 5.41) is 10.1. The van der Waals surface area contributed by atoms with Gasteiger partial charge in [-0.3, -0.25) is 0 Å². The Hall–Kier alpha value is -1.16. The molecule has 4 nitrogen and oxygen atoms in total. The molecule has 0 radical (unpaired) electrons. The molecule has 1 aromatic heterocycles. The van der Waals surface area contributed by atoms with Crippen molar-refractivity contribution in [1.82, 2.24) is 9.97 Å². The smallest absolute Gasteiger partial charge is 0.135 e. The van der Waals surface area contributed by atoms with Gasteiger partial charge >= 0.3 is 0 Å². The molecule has 1 aromatic rings. The van der Waals surface area contributed by atoms with E-state index in [1.165, 1.54) is 30.5 Å². The number of rotatable bonds is 1. The van der Waals surface area contributed by atoms with E-state index in [9.17, 15) is 5.11 Å². The lowest BCUT2D eigenvalue weighted by atomic mass is 9.95. The van der Waals surface area contributed by atoms with Crippen LogP contribution in [0.15, 0.2) is 6.33 Å². The van der Waals surface area contributed by atoms with Crippen LogP contribution in [0.2, 0.25) is 0 Å². The first-order valence-electron chi connectivity index (χ1n) is 7.51. The summed E-state index contributed by atoms with van der Waals surface area (Å²) in [7, 11) is 0. The minimum absolute atomic E-state index is 0.231. The van der Waals surface area contributed by atoms with Crippen molar-refractivity contribution in [2.24, 2.45) is 5.92 Å². The van der Waals surface area contributed by atoms with Crippen LogP contribution in [0.1, 0.15) is 43.9 Å². The first-order valence-corrected chi connectivity index (χ1v) is 7.51. The molecule has 0 amide bonds. The van der Waals surface area contributed by atoms with E-state index in [1.807, 2.05) is 0 Å².